The quantitative estimate of drug-likeness (QED) is 0.176. The zero-order valence-electron chi connectivity index (χ0n) is 20.6. The monoisotopic (exact) mass is 549 g/mol. The van der Waals surface area contributed by atoms with Gasteiger partial charge in [0.2, 0.25) is 6.41 Å². The molecule has 0 spiro atoms. The molecule has 1 aliphatic heterocycles. The number of aliphatic hydroxyl groups is 1. The summed E-state index contributed by atoms with van der Waals surface area (Å²) in [7, 11) is -3.35. The van der Waals surface area contributed by atoms with Gasteiger partial charge < -0.3 is 14.8 Å². The van der Waals surface area contributed by atoms with Gasteiger partial charge in [0.25, 0.3) is 5.91 Å². The van der Waals surface area contributed by atoms with E-state index >= 15 is 0 Å². The topological polar surface area (TPSA) is 142 Å². The summed E-state index contributed by atoms with van der Waals surface area (Å²) in [6.45, 7) is 4.91. The molecule has 1 aromatic heterocycles. The largest absolute Gasteiger partial charge is 0.396 e. The predicted molar refractivity (Wildman–Crippen MR) is 139 cm³/mol. The van der Waals surface area contributed by atoms with E-state index in [1.165, 1.54) is 35.6 Å². The number of oxime groups is 1. The number of nitrogens with one attached hydrogen (secondary N) is 1. The average molecular weight is 550 g/mol. The number of benzene rings is 1. The molecule has 200 valence electrons. The lowest BCUT2D eigenvalue weighted by Crippen LogP contribution is -2.50. The van der Waals surface area contributed by atoms with Gasteiger partial charge in [-0.1, -0.05) is 17.3 Å². The van der Waals surface area contributed by atoms with Gasteiger partial charge in [-0.05, 0) is 31.9 Å². The first-order chi connectivity index (χ1) is 17.8. The van der Waals surface area contributed by atoms with Crippen LogP contribution in [0.5, 0.6) is 0 Å². The second-order valence-electron chi connectivity index (χ2n) is 9.13. The lowest BCUT2D eigenvalue weighted by molar-refractivity contribution is -0.122. The fourth-order valence-electron chi connectivity index (χ4n) is 4.00. The molecular weight excluding hydrogens is 518 g/mol. The fourth-order valence-corrected chi connectivity index (χ4v) is 6.51. The number of thiazole rings is 1. The molecule has 2 aliphatic rings. The number of hydrogen-bond donors (Lipinski definition) is 2. The average Bonchev–Trinajstić information content (AvgIpc) is 3.66. The van der Waals surface area contributed by atoms with Crippen molar-refractivity contribution in [2.75, 3.05) is 38.2 Å². The maximum Gasteiger partial charge on any atom is 0.280 e. The third-order valence-electron chi connectivity index (χ3n) is 6.24. The number of amides is 2. The number of aliphatic hydroxyl groups excluding tert-OH is 1. The van der Waals surface area contributed by atoms with Gasteiger partial charge in [-0.2, -0.15) is 0 Å². The van der Waals surface area contributed by atoms with E-state index in [1.807, 2.05) is 6.92 Å². The summed E-state index contributed by atoms with van der Waals surface area (Å²) in [4.78, 5) is 39.0. The molecule has 0 bridgehead atoms. The van der Waals surface area contributed by atoms with E-state index in [0.717, 1.165) is 24.4 Å². The van der Waals surface area contributed by atoms with E-state index in [-0.39, 0.29) is 35.1 Å². The van der Waals surface area contributed by atoms with Crippen LogP contribution in [-0.4, -0.2) is 90.5 Å². The summed E-state index contributed by atoms with van der Waals surface area (Å²) in [6, 6.07) is 6.17. The molecule has 11 nitrogen and oxygen atoms in total. The molecule has 1 saturated heterocycles. The summed E-state index contributed by atoms with van der Waals surface area (Å²) in [5, 5.41) is 15.8. The van der Waals surface area contributed by atoms with Crippen molar-refractivity contribution in [2.24, 2.45) is 5.16 Å². The van der Waals surface area contributed by atoms with Gasteiger partial charge in [0.05, 0.1) is 10.1 Å². The van der Waals surface area contributed by atoms with Gasteiger partial charge in [0, 0.05) is 61.9 Å². The molecular formula is C24H31N5O6S2. The van der Waals surface area contributed by atoms with E-state index in [9.17, 15) is 18.0 Å². The number of anilines is 1. The lowest BCUT2D eigenvalue weighted by atomic mass is 10.1. The maximum absolute atomic E-state index is 13.1. The van der Waals surface area contributed by atoms with Gasteiger partial charge >= 0.3 is 0 Å². The van der Waals surface area contributed by atoms with Crippen molar-refractivity contribution in [2.45, 2.75) is 48.9 Å². The Hall–Kier alpha value is -2.87. The first-order valence-electron chi connectivity index (χ1n) is 12.2. The first-order valence-corrected chi connectivity index (χ1v) is 14.5. The van der Waals surface area contributed by atoms with Crippen LogP contribution in [0.4, 0.5) is 5.13 Å². The third-order valence-corrected chi connectivity index (χ3v) is 9.41. The lowest BCUT2D eigenvalue weighted by Gasteiger charge is -2.37. The van der Waals surface area contributed by atoms with Crippen molar-refractivity contribution in [3.63, 3.8) is 0 Å². The number of rotatable bonds is 12. The van der Waals surface area contributed by atoms with Crippen LogP contribution in [-0.2, 0) is 30.8 Å². The van der Waals surface area contributed by atoms with Gasteiger partial charge in [-0.25, -0.2) is 13.4 Å². The van der Waals surface area contributed by atoms with Crippen LogP contribution in [0.25, 0.3) is 0 Å². The van der Waals surface area contributed by atoms with Crippen molar-refractivity contribution in [1.29, 1.82) is 0 Å². The van der Waals surface area contributed by atoms with Crippen LogP contribution < -0.4 is 5.32 Å². The Morgan fingerprint density at radius 1 is 1.30 bits per heavy atom. The Balaban J connectivity index is 1.43. The number of piperazine rings is 1. The predicted octanol–water partition coefficient (Wildman–Crippen LogP) is 1.48. The molecule has 2 N–H and O–H groups in total. The highest BCUT2D eigenvalue weighted by Crippen LogP contribution is 2.33. The fraction of sp³-hybridized carbons (Fsp3) is 0.500. The minimum absolute atomic E-state index is 0.0242. The zero-order chi connectivity index (χ0) is 26.4. The van der Waals surface area contributed by atoms with Crippen LogP contribution in [0.15, 0.2) is 40.5 Å². The maximum atomic E-state index is 13.1. The highest BCUT2D eigenvalue weighted by molar-refractivity contribution is 7.92. The van der Waals surface area contributed by atoms with Crippen molar-refractivity contribution in [3.8, 4) is 0 Å². The van der Waals surface area contributed by atoms with E-state index in [0.29, 0.717) is 43.0 Å². The molecule has 13 heteroatoms. The van der Waals surface area contributed by atoms with Crippen molar-refractivity contribution in [3.05, 3.63) is 40.9 Å². The Bertz CT molecular complexity index is 1230. The smallest absolute Gasteiger partial charge is 0.280 e. The summed E-state index contributed by atoms with van der Waals surface area (Å²) in [5.74, 6) is -0.545. The molecule has 37 heavy (non-hydrogen) atoms. The third kappa shape index (κ3) is 6.92. The summed E-state index contributed by atoms with van der Waals surface area (Å²) >= 11 is 1.35. The Labute approximate surface area is 220 Å². The van der Waals surface area contributed by atoms with Gasteiger partial charge in [0.15, 0.2) is 20.7 Å². The van der Waals surface area contributed by atoms with Crippen molar-refractivity contribution < 1.29 is 28.0 Å². The minimum Gasteiger partial charge on any atom is -0.396 e. The number of aromatic nitrogens is 1. The molecule has 2 aromatic rings. The van der Waals surface area contributed by atoms with E-state index < -0.39 is 15.7 Å². The molecule has 0 unspecified atom stereocenters. The van der Waals surface area contributed by atoms with Gasteiger partial charge in [-0.3, -0.25) is 19.8 Å². The van der Waals surface area contributed by atoms with Crippen LogP contribution in [0.1, 0.15) is 36.6 Å². The first kappa shape index (κ1) is 27.2. The van der Waals surface area contributed by atoms with Crippen LogP contribution in [0.2, 0.25) is 0 Å². The van der Waals surface area contributed by atoms with Crippen LogP contribution in [0.3, 0.4) is 0 Å². The summed E-state index contributed by atoms with van der Waals surface area (Å²) < 4.78 is 25.0. The van der Waals surface area contributed by atoms with Crippen LogP contribution >= 0.6 is 11.3 Å². The molecule has 1 atom stereocenters. The molecule has 2 heterocycles. The molecule has 1 aromatic carbocycles. The Morgan fingerprint density at radius 2 is 2.05 bits per heavy atom. The second kappa shape index (κ2) is 12.1. The van der Waals surface area contributed by atoms with E-state index in [1.54, 1.807) is 11.1 Å². The number of hydrogen-bond acceptors (Lipinski definition) is 10. The molecule has 1 aliphatic carbocycles. The molecule has 4 rings (SSSR count). The minimum atomic E-state index is -3.35. The normalized spacial score (nSPS) is 19.0. The summed E-state index contributed by atoms with van der Waals surface area (Å²) in [6.07, 6.45) is 4.29. The van der Waals surface area contributed by atoms with E-state index in [2.05, 4.69) is 20.4 Å². The number of nitrogens with zero attached hydrogens (tertiary/aromatic N) is 4. The molecule has 1 saturated carbocycles. The molecule has 2 amide bonds. The molecule has 2 fully saturated rings. The SMILES string of the molecule is C[C@H]1CN(Cc2cnc(NC(=O)C(=NOCCCO)c3ccc(S(=O)(=O)C4CC4)cc3)s2)CCN1C=O. The summed E-state index contributed by atoms with van der Waals surface area (Å²) in [5.41, 5.74) is 0.374. The standard InChI is InChI=1S/C24H31N5O6S2/c1-17-14-28(9-10-29(17)16-31)15-19-13-25-24(36-19)26-23(32)22(27-35-12-2-11-30)18-3-5-20(6-4-18)37(33,34)21-7-8-21/h3-6,13,16-17,21,30H,2,7-12,14-15H2,1H3,(H,25,26,32)/t17-/m0/s1. The van der Waals surface area contributed by atoms with Gasteiger partial charge in [0.1, 0.15) is 6.61 Å². The Morgan fingerprint density at radius 3 is 2.70 bits per heavy atom. The highest BCUT2D eigenvalue weighted by Gasteiger charge is 2.36. The van der Waals surface area contributed by atoms with E-state index in [4.69, 9.17) is 9.94 Å². The molecule has 0 radical (unpaired) electrons. The number of carbonyl (C=O) groups excluding carboxylic acids is 2. The van der Waals surface area contributed by atoms with Crippen LogP contribution in [0, 0.1) is 0 Å². The van der Waals surface area contributed by atoms with Crippen molar-refractivity contribution in [1.82, 2.24) is 14.8 Å². The number of sulfone groups is 1. The van der Waals surface area contributed by atoms with Crippen molar-refractivity contribution >= 4 is 44.3 Å². The number of carbonyl (C=O) groups is 2. The zero-order valence-corrected chi connectivity index (χ0v) is 22.2. The highest BCUT2D eigenvalue weighted by atomic mass is 32.2. The van der Waals surface area contributed by atoms with Gasteiger partial charge in [-0.15, -0.1) is 11.3 Å². The second-order valence-corrected chi connectivity index (χ2v) is 12.5. The Kier molecular flexibility index (Phi) is 8.90.